The maximum absolute atomic E-state index is 5.22. The summed E-state index contributed by atoms with van der Waals surface area (Å²) in [5, 5.41) is 21.5. The van der Waals surface area contributed by atoms with Crippen LogP contribution in [-0.4, -0.2) is 34.7 Å². The van der Waals surface area contributed by atoms with Crippen LogP contribution in [0.25, 0.3) is 27.1 Å². The van der Waals surface area contributed by atoms with E-state index in [9.17, 15) is 0 Å². The highest BCUT2D eigenvalue weighted by atomic mass is 32.1. The molecule has 0 aromatic carbocycles. The van der Waals surface area contributed by atoms with Gasteiger partial charge in [-0.15, -0.1) is 15.3 Å². The van der Waals surface area contributed by atoms with E-state index in [4.69, 9.17) is 4.52 Å². The molecule has 0 atom stereocenters. The summed E-state index contributed by atoms with van der Waals surface area (Å²) in [4.78, 5) is 0.702. The fourth-order valence-corrected chi connectivity index (χ4v) is 2.69. The van der Waals surface area contributed by atoms with Crippen LogP contribution in [0.1, 0.15) is 5.69 Å². The third-order valence-corrected chi connectivity index (χ3v) is 3.71. The molecule has 100 valence electrons. The van der Waals surface area contributed by atoms with Gasteiger partial charge < -0.3 is 4.52 Å². The molecule has 20 heavy (non-hydrogen) atoms. The van der Waals surface area contributed by atoms with Crippen molar-refractivity contribution in [2.45, 2.75) is 6.92 Å². The lowest BCUT2D eigenvalue weighted by molar-refractivity contribution is 0.426. The predicted molar refractivity (Wildman–Crippen MR) is 71.1 cm³/mol. The summed E-state index contributed by atoms with van der Waals surface area (Å²) in [5.41, 5.74) is 1.68. The monoisotopic (exact) mass is 287 g/mol. The van der Waals surface area contributed by atoms with E-state index in [0.717, 1.165) is 16.3 Å². The first-order valence-corrected chi connectivity index (χ1v) is 6.67. The zero-order valence-corrected chi connectivity index (χ0v) is 11.5. The molecule has 0 spiro atoms. The lowest BCUT2D eigenvalue weighted by Crippen LogP contribution is -1.90. The molecule has 0 bridgehead atoms. The molecule has 0 amide bonds. The van der Waals surface area contributed by atoms with Gasteiger partial charge in [-0.05, 0) is 6.92 Å². The van der Waals surface area contributed by atoms with Crippen LogP contribution in [0.15, 0.2) is 23.0 Å². The van der Waals surface area contributed by atoms with Gasteiger partial charge in [0.25, 0.3) is 0 Å². The number of hydrogen-bond donors (Lipinski definition) is 0. The van der Waals surface area contributed by atoms with Gasteiger partial charge in [0.2, 0.25) is 4.96 Å². The van der Waals surface area contributed by atoms with Crippen molar-refractivity contribution in [2.24, 2.45) is 7.05 Å². The van der Waals surface area contributed by atoms with E-state index in [0.29, 0.717) is 16.5 Å². The van der Waals surface area contributed by atoms with Gasteiger partial charge >= 0.3 is 0 Å². The Morgan fingerprint density at radius 1 is 1.30 bits per heavy atom. The summed E-state index contributed by atoms with van der Waals surface area (Å²) in [6, 6.07) is 1.84. The Morgan fingerprint density at radius 3 is 2.90 bits per heavy atom. The summed E-state index contributed by atoms with van der Waals surface area (Å²) in [7, 11) is 1.85. The summed E-state index contributed by atoms with van der Waals surface area (Å²) in [6.45, 7) is 1.87. The summed E-state index contributed by atoms with van der Waals surface area (Å²) < 4.78 is 8.62. The van der Waals surface area contributed by atoms with Crippen molar-refractivity contribution < 1.29 is 4.52 Å². The molecule has 0 aliphatic rings. The SMILES string of the molecule is Cc1cc(-c2nn3c(-c4cnn(C)c4)nnc3s2)on1. The van der Waals surface area contributed by atoms with Gasteiger partial charge in [0.05, 0.1) is 17.5 Å². The first-order chi connectivity index (χ1) is 9.70. The van der Waals surface area contributed by atoms with E-state index in [2.05, 4.69) is 25.6 Å². The lowest BCUT2D eigenvalue weighted by atomic mass is 10.3. The van der Waals surface area contributed by atoms with Crippen LogP contribution < -0.4 is 0 Å². The van der Waals surface area contributed by atoms with Crippen LogP contribution in [0.5, 0.6) is 0 Å². The molecule has 0 saturated carbocycles. The molecule has 0 radical (unpaired) electrons. The highest BCUT2D eigenvalue weighted by Gasteiger charge is 2.17. The number of fused-ring (bicyclic) bond motifs is 1. The van der Waals surface area contributed by atoms with Gasteiger partial charge in [-0.1, -0.05) is 16.5 Å². The van der Waals surface area contributed by atoms with Crippen molar-refractivity contribution in [1.29, 1.82) is 0 Å². The number of rotatable bonds is 2. The fraction of sp³-hybridized carbons (Fsp3) is 0.182. The van der Waals surface area contributed by atoms with Gasteiger partial charge in [0, 0.05) is 19.3 Å². The van der Waals surface area contributed by atoms with Crippen molar-refractivity contribution >= 4 is 16.3 Å². The number of nitrogens with zero attached hydrogens (tertiary/aromatic N) is 7. The van der Waals surface area contributed by atoms with E-state index in [1.165, 1.54) is 11.3 Å². The van der Waals surface area contributed by atoms with Gasteiger partial charge in [-0.3, -0.25) is 4.68 Å². The Bertz CT molecular complexity index is 899. The molecule has 0 unspecified atom stereocenters. The van der Waals surface area contributed by atoms with E-state index >= 15 is 0 Å². The van der Waals surface area contributed by atoms with E-state index in [-0.39, 0.29) is 0 Å². The van der Waals surface area contributed by atoms with Crippen LogP contribution in [0, 0.1) is 6.92 Å². The second-order valence-electron chi connectivity index (χ2n) is 4.36. The van der Waals surface area contributed by atoms with Crippen LogP contribution in [-0.2, 0) is 7.05 Å². The molecule has 0 aliphatic carbocycles. The maximum Gasteiger partial charge on any atom is 0.235 e. The molecule has 4 aromatic heterocycles. The van der Waals surface area contributed by atoms with Gasteiger partial charge in [0.15, 0.2) is 16.6 Å². The molecule has 0 fully saturated rings. The van der Waals surface area contributed by atoms with Crippen molar-refractivity contribution in [3.05, 3.63) is 24.2 Å². The molecule has 4 aromatic rings. The molecular weight excluding hydrogens is 278 g/mol. The van der Waals surface area contributed by atoms with E-state index < -0.39 is 0 Å². The fourth-order valence-electron chi connectivity index (χ4n) is 1.90. The third kappa shape index (κ3) is 1.63. The smallest absolute Gasteiger partial charge is 0.235 e. The largest absolute Gasteiger partial charge is 0.353 e. The summed E-state index contributed by atoms with van der Waals surface area (Å²) >= 11 is 1.40. The Kier molecular flexibility index (Phi) is 2.24. The zero-order valence-electron chi connectivity index (χ0n) is 10.7. The molecule has 0 N–H and O–H groups in total. The normalized spacial score (nSPS) is 11.5. The van der Waals surface area contributed by atoms with Crippen molar-refractivity contribution in [3.63, 3.8) is 0 Å². The third-order valence-electron chi connectivity index (χ3n) is 2.79. The average molecular weight is 287 g/mol. The van der Waals surface area contributed by atoms with Crippen LogP contribution in [0.4, 0.5) is 0 Å². The van der Waals surface area contributed by atoms with Gasteiger partial charge in [-0.2, -0.15) is 9.61 Å². The molecule has 0 saturated heterocycles. The maximum atomic E-state index is 5.22. The topological polar surface area (TPSA) is 86.9 Å². The van der Waals surface area contributed by atoms with E-state index in [1.54, 1.807) is 15.4 Å². The Labute approximate surface area is 116 Å². The highest BCUT2D eigenvalue weighted by molar-refractivity contribution is 7.19. The van der Waals surface area contributed by atoms with Crippen LogP contribution >= 0.6 is 11.3 Å². The molecule has 4 rings (SSSR count). The molecule has 0 aliphatic heterocycles. The van der Waals surface area contributed by atoms with Crippen molar-refractivity contribution in [2.75, 3.05) is 0 Å². The van der Waals surface area contributed by atoms with Crippen molar-refractivity contribution in [3.8, 4) is 22.2 Å². The first kappa shape index (κ1) is 11.3. The lowest BCUT2D eigenvalue weighted by Gasteiger charge is -1.89. The van der Waals surface area contributed by atoms with Crippen LogP contribution in [0.3, 0.4) is 0 Å². The summed E-state index contributed by atoms with van der Waals surface area (Å²) in [5.74, 6) is 1.29. The predicted octanol–water partition coefficient (Wildman–Crippen LogP) is 1.55. The second-order valence-corrected chi connectivity index (χ2v) is 5.32. The second kappa shape index (κ2) is 3.97. The van der Waals surface area contributed by atoms with Crippen molar-refractivity contribution in [1.82, 2.24) is 34.7 Å². The van der Waals surface area contributed by atoms with Gasteiger partial charge in [0.1, 0.15) is 0 Å². The average Bonchev–Trinajstić information content (AvgIpc) is 3.11. The molecule has 8 nitrogen and oxygen atoms in total. The Morgan fingerprint density at radius 2 is 2.20 bits per heavy atom. The minimum atomic E-state index is 0.634. The highest BCUT2D eigenvalue weighted by Crippen LogP contribution is 2.28. The Balaban J connectivity index is 1.86. The molecule has 9 heteroatoms. The minimum absolute atomic E-state index is 0.634. The first-order valence-electron chi connectivity index (χ1n) is 5.85. The zero-order chi connectivity index (χ0) is 13.7. The Hall–Kier alpha value is -2.55. The quantitative estimate of drug-likeness (QED) is 0.556. The number of hydrogen-bond acceptors (Lipinski definition) is 7. The minimum Gasteiger partial charge on any atom is -0.353 e. The number of aryl methyl sites for hydroxylation is 2. The molecular formula is C11H9N7OS. The number of aromatic nitrogens is 7. The summed E-state index contributed by atoms with van der Waals surface area (Å²) in [6.07, 6.45) is 3.60. The van der Waals surface area contributed by atoms with Gasteiger partial charge in [-0.25, -0.2) is 0 Å². The van der Waals surface area contributed by atoms with Crippen LogP contribution in [0.2, 0.25) is 0 Å². The standard InChI is InChI=1S/C11H9N7OS/c1-6-3-8(19-16-6)10-15-18-9(13-14-11(18)20-10)7-4-12-17(2)5-7/h3-5H,1-2H3. The van der Waals surface area contributed by atoms with E-state index in [1.807, 2.05) is 26.2 Å². The molecule has 4 heterocycles.